The smallest absolute Gasteiger partial charge is 0.295 e. The van der Waals surface area contributed by atoms with Crippen LogP contribution in [-0.2, 0) is 14.3 Å². The number of likely N-dealkylation sites (tertiary alicyclic amines) is 1. The molecule has 1 aliphatic rings. The number of ether oxygens (including phenoxy) is 3. The molecular formula is C27H33NO6. The van der Waals surface area contributed by atoms with Gasteiger partial charge < -0.3 is 24.2 Å². The van der Waals surface area contributed by atoms with Crippen molar-refractivity contribution < 1.29 is 28.9 Å². The molecule has 0 bridgehead atoms. The zero-order valence-corrected chi connectivity index (χ0v) is 20.4. The number of aliphatic hydroxyl groups excluding tert-OH is 1. The van der Waals surface area contributed by atoms with Gasteiger partial charge in [-0.25, -0.2) is 0 Å². The number of carbonyl (C=O) groups is 2. The van der Waals surface area contributed by atoms with Crippen LogP contribution in [0.4, 0.5) is 0 Å². The summed E-state index contributed by atoms with van der Waals surface area (Å²) in [4.78, 5) is 27.4. The monoisotopic (exact) mass is 467 g/mol. The summed E-state index contributed by atoms with van der Waals surface area (Å²) < 4.78 is 16.7. The lowest BCUT2D eigenvalue weighted by molar-refractivity contribution is -0.140. The lowest BCUT2D eigenvalue weighted by Crippen LogP contribution is -2.32. The Balaban J connectivity index is 2.04. The van der Waals surface area contributed by atoms with Crippen LogP contribution in [0.2, 0.25) is 0 Å². The molecular weight excluding hydrogens is 434 g/mol. The van der Waals surface area contributed by atoms with Crippen LogP contribution in [0.15, 0.2) is 54.1 Å². The maximum absolute atomic E-state index is 13.1. The van der Waals surface area contributed by atoms with Crippen LogP contribution in [0.3, 0.4) is 0 Å². The Morgan fingerprint density at radius 3 is 2.35 bits per heavy atom. The highest BCUT2D eigenvalue weighted by molar-refractivity contribution is 6.46. The molecule has 182 valence electrons. The molecule has 0 spiro atoms. The Bertz CT molecular complexity index is 1040. The zero-order valence-electron chi connectivity index (χ0n) is 20.4. The number of aliphatic hydroxyl groups is 1. The molecule has 1 amide bonds. The third kappa shape index (κ3) is 5.78. The second kappa shape index (κ2) is 11.2. The van der Waals surface area contributed by atoms with Crippen molar-refractivity contribution in [3.05, 3.63) is 65.2 Å². The van der Waals surface area contributed by atoms with E-state index in [0.717, 1.165) is 0 Å². The summed E-state index contributed by atoms with van der Waals surface area (Å²) in [5.74, 6) is 0.0155. The molecule has 34 heavy (non-hydrogen) atoms. The van der Waals surface area contributed by atoms with Crippen molar-refractivity contribution in [3.8, 4) is 11.5 Å². The van der Waals surface area contributed by atoms with E-state index in [1.165, 1.54) is 12.0 Å². The largest absolute Gasteiger partial charge is 0.507 e. The van der Waals surface area contributed by atoms with Crippen LogP contribution in [-0.4, -0.2) is 54.7 Å². The molecule has 1 unspecified atom stereocenters. The van der Waals surface area contributed by atoms with Gasteiger partial charge in [0.05, 0.1) is 30.9 Å². The van der Waals surface area contributed by atoms with Gasteiger partial charge in [0.15, 0.2) is 0 Å². The number of methoxy groups -OCH3 is 1. The van der Waals surface area contributed by atoms with Gasteiger partial charge >= 0.3 is 0 Å². The number of amides is 1. The van der Waals surface area contributed by atoms with Crippen molar-refractivity contribution in [3.63, 3.8) is 0 Å². The van der Waals surface area contributed by atoms with E-state index in [1.54, 1.807) is 24.3 Å². The van der Waals surface area contributed by atoms with E-state index < -0.39 is 17.7 Å². The van der Waals surface area contributed by atoms with E-state index >= 15 is 0 Å². The molecule has 1 atom stereocenters. The van der Waals surface area contributed by atoms with Gasteiger partial charge in [0, 0.05) is 19.2 Å². The van der Waals surface area contributed by atoms with Crippen LogP contribution >= 0.6 is 0 Å². The highest BCUT2D eigenvalue weighted by Gasteiger charge is 2.45. The molecule has 2 aromatic carbocycles. The number of nitrogens with zero attached hydrogens (tertiary/aromatic N) is 1. The van der Waals surface area contributed by atoms with Gasteiger partial charge in [0.2, 0.25) is 0 Å². The van der Waals surface area contributed by atoms with E-state index in [2.05, 4.69) is 13.8 Å². The molecule has 7 heteroatoms. The highest BCUT2D eigenvalue weighted by Crippen LogP contribution is 2.40. The first-order valence-electron chi connectivity index (χ1n) is 11.5. The van der Waals surface area contributed by atoms with Gasteiger partial charge in [-0.15, -0.1) is 0 Å². The first-order chi connectivity index (χ1) is 16.2. The number of carbonyl (C=O) groups excluding carboxylic acids is 2. The van der Waals surface area contributed by atoms with E-state index in [9.17, 15) is 14.7 Å². The lowest BCUT2D eigenvalue weighted by atomic mass is 9.95. The van der Waals surface area contributed by atoms with Crippen molar-refractivity contribution in [2.45, 2.75) is 39.8 Å². The van der Waals surface area contributed by atoms with E-state index in [-0.39, 0.29) is 30.6 Å². The quantitative estimate of drug-likeness (QED) is 0.313. The summed E-state index contributed by atoms with van der Waals surface area (Å²) in [6.45, 7) is 9.00. The van der Waals surface area contributed by atoms with Crippen molar-refractivity contribution in [2.24, 2.45) is 5.92 Å². The predicted molar refractivity (Wildman–Crippen MR) is 130 cm³/mol. The number of benzene rings is 2. The molecule has 0 aliphatic carbocycles. The fraction of sp³-hybridized carbons (Fsp3) is 0.407. The summed E-state index contributed by atoms with van der Waals surface area (Å²) in [6.07, 6.45) is -0.0477. The average Bonchev–Trinajstić information content (AvgIpc) is 3.05. The van der Waals surface area contributed by atoms with Gasteiger partial charge in [0.1, 0.15) is 17.3 Å². The topological polar surface area (TPSA) is 85.3 Å². The summed E-state index contributed by atoms with van der Waals surface area (Å²) in [5, 5.41) is 11.2. The Morgan fingerprint density at radius 1 is 1.03 bits per heavy atom. The van der Waals surface area contributed by atoms with Crippen molar-refractivity contribution in [1.82, 2.24) is 4.90 Å². The summed E-state index contributed by atoms with van der Waals surface area (Å²) in [5.41, 5.74) is 1.15. The third-order valence-electron chi connectivity index (χ3n) is 5.33. The molecule has 0 radical (unpaired) electrons. The number of ketones is 1. The number of rotatable bonds is 10. The van der Waals surface area contributed by atoms with Gasteiger partial charge in [0.25, 0.3) is 11.7 Å². The maximum Gasteiger partial charge on any atom is 0.295 e. The highest BCUT2D eigenvalue weighted by atomic mass is 16.5. The summed E-state index contributed by atoms with van der Waals surface area (Å²) >= 11 is 0. The van der Waals surface area contributed by atoms with Crippen LogP contribution in [0.25, 0.3) is 5.76 Å². The fourth-order valence-electron chi connectivity index (χ4n) is 3.80. The first-order valence-corrected chi connectivity index (χ1v) is 11.5. The first kappa shape index (κ1) is 25.3. The van der Waals surface area contributed by atoms with E-state index in [4.69, 9.17) is 14.2 Å². The number of Topliss-reactive ketones (excluding diaryl/α,β-unsaturated/α-hetero) is 1. The molecule has 0 saturated carbocycles. The molecule has 1 N–H and O–H groups in total. The van der Waals surface area contributed by atoms with Crippen LogP contribution in [0, 0.1) is 5.92 Å². The molecule has 1 heterocycles. The minimum absolute atomic E-state index is 0.0404. The minimum Gasteiger partial charge on any atom is -0.507 e. The number of hydrogen-bond acceptors (Lipinski definition) is 6. The Kier molecular flexibility index (Phi) is 8.34. The van der Waals surface area contributed by atoms with Crippen molar-refractivity contribution >= 4 is 17.4 Å². The van der Waals surface area contributed by atoms with Crippen LogP contribution in [0.1, 0.15) is 44.9 Å². The molecule has 1 aliphatic heterocycles. The van der Waals surface area contributed by atoms with E-state index in [1.807, 2.05) is 38.1 Å². The Labute approximate surface area is 200 Å². The van der Waals surface area contributed by atoms with Crippen molar-refractivity contribution in [1.29, 1.82) is 0 Å². The summed E-state index contributed by atoms with van der Waals surface area (Å²) in [7, 11) is 1.53. The van der Waals surface area contributed by atoms with Crippen LogP contribution in [0.5, 0.6) is 11.5 Å². The Morgan fingerprint density at radius 2 is 1.74 bits per heavy atom. The fourth-order valence-corrected chi connectivity index (χ4v) is 3.80. The average molecular weight is 468 g/mol. The molecule has 3 rings (SSSR count). The van der Waals surface area contributed by atoms with Gasteiger partial charge in [-0.05, 0) is 49.6 Å². The second-order valence-corrected chi connectivity index (χ2v) is 8.95. The van der Waals surface area contributed by atoms with Gasteiger partial charge in [-0.1, -0.05) is 38.1 Å². The molecule has 0 aromatic heterocycles. The molecule has 1 fully saturated rings. The SMILES string of the molecule is COCCN1C(=O)C(=O)/C(=C(\O)c2cccc(OC(C)C)c2)C1c1ccc(OCC(C)C)cc1. The molecule has 2 aromatic rings. The number of hydrogen-bond donors (Lipinski definition) is 1. The third-order valence-corrected chi connectivity index (χ3v) is 5.33. The van der Waals surface area contributed by atoms with Gasteiger partial charge in [-0.2, -0.15) is 0 Å². The summed E-state index contributed by atoms with van der Waals surface area (Å²) in [6, 6.07) is 13.4. The Hall–Kier alpha value is -3.32. The maximum atomic E-state index is 13.1. The minimum atomic E-state index is -0.746. The van der Waals surface area contributed by atoms with Crippen LogP contribution < -0.4 is 9.47 Å². The predicted octanol–water partition coefficient (Wildman–Crippen LogP) is 4.58. The lowest BCUT2D eigenvalue weighted by Gasteiger charge is -2.25. The standard InChI is InChI=1S/C27H33NO6/c1-17(2)16-33-21-11-9-19(10-12-21)24-23(26(30)27(31)28(24)13-14-32-5)25(29)20-7-6-8-22(15-20)34-18(3)4/h6-12,15,17-18,24,29H,13-14,16H2,1-5H3/b25-23-. The van der Waals surface area contributed by atoms with Gasteiger partial charge in [-0.3, -0.25) is 9.59 Å². The molecule has 7 nitrogen and oxygen atoms in total. The second-order valence-electron chi connectivity index (χ2n) is 8.95. The molecule has 1 saturated heterocycles. The van der Waals surface area contributed by atoms with Crippen molar-refractivity contribution in [2.75, 3.05) is 26.9 Å². The normalized spacial score (nSPS) is 17.6. The zero-order chi connectivity index (χ0) is 24.8. The van der Waals surface area contributed by atoms with E-state index in [0.29, 0.717) is 35.2 Å².